The molecule has 2 atom stereocenters. The Morgan fingerprint density at radius 1 is 1.27 bits per heavy atom. The van der Waals surface area contributed by atoms with Crippen molar-refractivity contribution < 1.29 is 23.7 Å². The topological polar surface area (TPSA) is 115 Å². The van der Waals surface area contributed by atoms with Gasteiger partial charge in [-0.05, 0) is 42.5 Å². The average molecular weight is 415 g/mol. The largest absolute Gasteiger partial charge is 0.467 e. The molecule has 0 aliphatic carbocycles. The first-order valence-electron chi connectivity index (χ1n) is 9.83. The summed E-state index contributed by atoms with van der Waals surface area (Å²) in [4.78, 5) is 37.2. The van der Waals surface area contributed by atoms with Crippen molar-refractivity contribution in [1.82, 2.24) is 5.32 Å². The predicted molar refractivity (Wildman–Crippen MR) is 109 cm³/mol. The van der Waals surface area contributed by atoms with Crippen molar-refractivity contribution in [2.45, 2.75) is 26.8 Å². The van der Waals surface area contributed by atoms with Gasteiger partial charge in [0.2, 0.25) is 0 Å². The number of nitro groups is 1. The number of benzene rings is 1. The Balaban J connectivity index is 1.64. The molecule has 1 aliphatic rings. The van der Waals surface area contributed by atoms with Crippen LogP contribution in [0.1, 0.15) is 36.4 Å². The van der Waals surface area contributed by atoms with E-state index >= 15 is 0 Å². The number of anilines is 1. The van der Waals surface area contributed by atoms with Crippen LogP contribution in [0, 0.1) is 22.0 Å². The summed E-state index contributed by atoms with van der Waals surface area (Å²) >= 11 is 0. The van der Waals surface area contributed by atoms with E-state index in [0.29, 0.717) is 23.3 Å². The summed E-state index contributed by atoms with van der Waals surface area (Å²) in [6, 6.07) is 7.69. The van der Waals surface area contributed by atoms with Crippen molar-refractivity contribution >= 4 is 23.3 Å². The number of esters is 1. The number of rotatable bonds is 7. The lowest BCUT2D eigenvalue weighted by atomic mass is 9.91. The zero-order valence-corrected chi connectivity index (χ0v) is 17.0. The quantitative estimate of drug-likeness (QED) is 0.420. The smallest absolute Gasteiger partial charge is 0.338 e. The molecule has 2 aromatic rings. The highest BCUT2D eigenvalue weighted by molar-refractivity contribution is 5.93. The van der Waals surface area contributed by atoms with Crippen LogP contribution >= 0.6 is 0 Å². The van der Waals surface area contributed by atoms with Crippen molar-refractivity contribution in [1.29, 1.82) is 0 Å². The maximum Gasteiger partial charge on any atom is 0.338 e. The van der Waals surface area contributed by atoms with E-state index in [-0.39, 0.29) is 17.8 Å². The van der Waals surface area contributed by atoms with E-state index in [9.17, 15) is 19.7 Å². The number of carbonyl (C=O) groups excluding carboxylic acids is 2. The van der Waals surface area contributed by atoms with Gasteiger partial charge >= 0.3 is 5.97 Å². The van der Waals surface area contributed by atoms with Gasteiger partial charge in [0.15, 0.2) is 6.61 Å². The molecule has 9 heteroatoms. The van der Waals surface area contributed by atoms with Crippen LogP contribution in [-0.2, 0) is 16.1 Å². The third-order valence-corrected chi connectivity index (χ3v) is 4.99. The van der Waals surface area contributed by atoms with Gasteiger partial charge in [-0.1, -0.05) is 13.8 Å². The Morgan fingerprint density at radius 2 is 2.00 bits per heavy atom. The lowest BCUT2D eigenvalue weighted by Crippen LogP contribution is -2.39. The molecule has 1 N–H and O–H groups in total. The highest BCUT2D eigenvalue weighted by Crippen LogP contribution is 2.34. The Hall–Kier alpha value is -3.36. The van der Waals surface area contributed by atoms with E-state index in [1.54, 1.807) is 18.2 Å². The van der Waals surface area contributed by atoms with E-state index < -0.39 is 23.4 Å². The van der Waals surface area contributed by atoms with Crippen LogP contribution in [0.2, 0.25) is 0 Å². The molecular weight excluding hydrogens is 390 g/mol. The Bertz CT molecular complexity index is 901. The Labute approximate surface area is 174 Å². The zero-order valence-electron chi connectivity index (χ0n) is 17.0. The van der Waals surface area contributed by atoms with Crippen LogP contribution in [0.15, 0.2) is 41.0 Å². The number of amides is 1. The van der Waals surface area contributed by atoms with E-state index in [2.05, 4.69) is 19.2 Å². The fourth-order valence-corrected chi connectivity index (χ4v) is 3.79. The number of carbonyl (C=O) groups is 2. The predicted octanol–water partition coefficient (Wildman–Crippen LogP) is 3.14. The van der Waals surface area contributed by atoms with E-state index in [4.69, 9.17) is 9.15 Å². The number of nitrogens with zero attached hydrogens (tertiary/aromatic N) is 2. The first-order chi connectivity index (χ1) is 14.3. The highest BCUT2D eigenvalue weighted by atomic mass is 16.6. The number of hydrogen-bond acceptors (Lipinski definition) is 7. The molecule has 1 aromatic carbocycles. The lowest BCUT2D eigenvalue weighted by molar-refractivity contribution is -0.384. The third kappa shape index (κ3) is 5.37. The fourth-order valence-electron chi connectivity index (χ4n) is 3.79. The molecule has 160 valence electrons. The average Bonchev–Trinajstić information content (AvgIpc) is 3.23. The minimum atomic E-state index is -0.793. The van der Waals surface area contributed by atoms with Gasteiger partial charge in [-0.15, -0.1) is 0 Å². The molecule has 0 radical (unpaired) electrons. The molecule has 0 spiro atoms. The molecular formula is C21H25N3O6. The van der Waals surface area contributed by atoms with Gasteiger partial charge in [-0.2, -0.15) is 0 Å². The van der Waals surface area contributed by atoms with Crippen molar-refractivity contribution in [2.75, 3.05) is 24.6 Å². The van der Waals surface area contributed by atoms with Crippen molar-refractivity contribution in [2.24, 2.45) is 11.8 Å². The SMILES string of the molecule is C[C@@H]1C[C@@H](C)CN(c2ccc(C(=O)OCC(=O)NCc3ccco3)cc2[N+](=O)[O-])C1. The van der Waals surface area contributed by atoms with Crippen molar-refractivity contribution in [3.63, 3.8) is 0 Å². The highest BCUT2D eigenvalue weighted by Gasteiger charge is 2.28. The van der Waals surface area contributed by atoms with Crippen LogP contribution in [0.4, 0.5) is 11.4 Å². The first kappa shape index (κ1) is 21.4. The Morgan fingerprint density at radius 3 is 2.63 bits per heavy atom. The molecule has 0 unspecified atom stereocenters. The molecule has 2 heterocycles. The molecule has 1 saturated heterocycles. The fraction of sp³-hybridized carbons (Fsp3) is 0.429. The summed E-state index contributed by atoms with van der Waals surface area (Å²) in [5.74, 6) is 0.137. The number of nitro benzene ring substituents is 1. The van der Waals surface area contributed by atoms with Gasteiger partial charge in [-0.25, -0.2) is 4.79 Å². The minimum Gasteiger partial charge on any atom is -0.467 e. The summed E-state index contributed by atoms with van der Waals surface area (Å²) in [6.45, 7) is 5.39. The molecule has 0 saturated carbocycles. The second-order valence-corrected chi connectivity index (χ2v) is 7.74. The maximum atomic E-state index is 12.3. The monoisotopic (exact) mass is 415 g/mol. The molecule has 9 nitrogen and oxygen atoms in total. The summed E-state index contributed by atoms with van der Waals surface area (Å²) in [6.07, 6.45) is 2.57. The van der Waals surface area contributed by atoms with Gasteiger partial charge in [0.25, 0.3) is 11.6 Å². The second-order valence-electron chi connectivity index (χ2n) is 7.74. The molecule has 1 fully saturated rings. The lowest BCUT2D eigenvalue weighted by Gasteiger charge is -2.36. The number of nitrogens with one attached hydrogen (secondary N) is 1. The van der Waals surface area contributed by atoms with Crippen LogP contribution in [-0.4, -0.2) is 36.5 Å². The van der Waals surface area contributed by atoms with Crippen LogP contribution in [0.5, 0.6) is 0 Å². The minimum absolute atomic E-state index is 0.0300. The number of piperidine rings is 1. The summed E-state index contributed by atoms with van der Waals surface area (Å²) in [5, 5.41) is 14.2. The number of furan rings is 1. The summed E-state index contributed by atoms with van der Waals surface area (Å²) < 4.78 is 10.1. The van der Waals surface area contributed by atoms with Crippen LogP contribution in [0.25, 0.3) is 0 Å². The van der Waals surface area contributed by atoms with Gasteiger partial charge in [0, 0.05) is 19.2 Å². The number of ether oxygens (including phenoxy) is 1. The van der Waals surface area contributed by atoms with Gasteiger partial charge in [0.05, 0.1) is 23.3 Å². The van der Waals surface area contributed by atoms with Crippen LogP contribution in [0.3, 0.4) is 0 Å². The second kappa shape index (κ2) is 9.43. The van der Waals surface area contributed by atoms with E-state index in [0.717, 1.165) is 19.5 Å². The van der Waals surface area contributed by atoms with Gasteiger partial charge in [0.1, 0.15) is 11.4 Å². The molecule has 3 rings (SSSR count). The summed E-state index contributed by atoms with van der Waals surface area (Å²) in [5.41, 5.74) is 0.376. The Kier molecular flexibility index (Phi) is 6.71. The maximum absolute atomic E-state index is 12.3. The van der Waals surface area contributed by atoms with E-state index in [1.807, 2.05) is 4.90 Å². The standard InChI is InChI=1S/C21H25N3O6/c1-14-8-15(2)12-23(11-14)18-6-5-16(9-19(18)24(27)28)21(26)30-13-20(25)22-10-17-4-3-7-29-17/h3-7,9,14-15H,8,10-13H2,1-2H3,(H,22,25)/t14-,15-/m1/s1. The molecule has 30 heavy (non-hydrogen) atoms. The molecule has 1 aromatic heterocycles. The van der Waals surface area contributed by atoms with Crippen molar-refractivity contribution in [3.05, 3.63) is 58.0 Å². The first-order valence-corrected chi connectivity index (χ1v) is 9.83. The van der Waals surface area contributed by atoms with Gasteiger partial charge in [-0.3, -0.25) is 14.9 Å². The van der Waals surface area contributed by atoms with Crippen LogP contribution < -0.4 is 10.2 Å². The van der Waals surface area contributed by atoms with Gasteiger partial charge < -0.3 is 19.4 Å². The molecule has 1 amide bonds. The molecule has 0 bridgehead atoms. The summed E-state index contributed by atoms with van der Waals surface area (Å²) in [7, 11) is 0. The third-order valence-electron chi connectivity index (χ3n) is 4.99. The van der Waals surface area contributed by atoms with Crippen molar-refractivity contribution in [3.8, 4) is 0 Å². The zero-order chi connectivity index (χ0) is 21.7. The van der Waals surface area contributed by atoms with E-state index in [1.165, 1.54) is 18.4 Å². The normalized spacial score (nSPS) is 18.7. The molecule has 1 aliphatic heterocycles. The number of hydrogen-bond donors (Lipinski definition) is 1.